The largest absolute Gasteiger partial charge is 0.309 e. The van der Waals surface area contributed by atoms with E-state index in [1.54, 1.807) is 0 Å². The van der Waals surface area contributed by atoms with E-state index < -0.39 is 22.2 Å². The van der Waals surface area contributed by atoms with E-state index in [1.165, 1.54) is 59.3 Å². The Hall–Kier alpha value is -8.35. The van der Waals surface area contributed by atoms with E-state index in [9.17, 15) is 5.48 Å². The molecule has 3 aliphatic carbocycles. The summed E-state index contributed by atoms with van der Waals surface area (Å²) in [5.74, 6) is -0.421. The highest BCUT2D eigenvalue weighted by Crippen LogP contribution is 2.57. The number of nitrogens with zero attached hydrogens (tertiary/aromatic N) is 1. The summed E-state index contributed by atoms with van der Waals surface area (Å²) >= 11 is 0. The van der Waals surface area contributed by atoms with Crippen LogP contribution in [0.4, 0.5) is 0 Å². The monoisotopic (exact) mass is 940 g/mol. The molecule has 2 atom stereocenters. The zero-order valence-corrected chi connectivity index (χ0v) is 40.9. The minimum absolute atomic E-state index is 0.137. The van der Waals surface area contributed by atoms with Crippen LogP contribution < -0.4 is 41.5 Å². The van der Waals surface area contributed by atoms with Crippen molar-refractivity contribution in [2.75, 3.05) is 0 Å². The molecule has 11 aromatic carbocycles. The van der Waals surface area contributed by atoms with Crippen molar-refractivity contribution in [2.24, 2.45) is 0 Å². The summed E-state index contributed by atoms with van der Waals surface area (Å²) in [5.41, 5.74) is 10.7. The molecule has 1 aromatic heterocycles. The van der Waals surface area contributed by atoms with Crippen LogP contribution in [-0.4, -0.2) is 20.7 Å². The summed E-state index contributed by atoms with van der Waals surface area (Å²) in [4.78, 5) is 0. The van der Waals surface area contributed by atoms with Crippen LogP contribution in [0, 0.1) is 0 Å². The van der Waals surface area contributed by atoms with Gasteiger partial charge < -0.3 is 4.57 Å². The lowest BCUT2D eigenvalue weighted by Crippen LogP contribution is -2.75. The Morgan fingerprint density at radius 2 is 0.761 bits per heavy atom. The molecule has 2 bridgehead atoms. The number of hydrogen-bond donors (Lipinski definition) is 0. The summed E-state index contributed by atoms with van der Waals surface area (Å²) in [6, 6.07) is 91.1. The SMILES string of the molecule is [2H]c1c([2H])c([2H])c([Si](c2ccccc2)(c2ccccc2)c2cccc3c2C2c4ccccc4C3c3cccc(-n4c5ccccc5c5ccc([Si](c6ccccc6)(c6ccccc6)c6ccccc6)cc54)c32)c([2H])c1[2H]. The van der Waals surface area contributed by atoms with Crippen molar-refractivity contribution in [3.05, 3.63) is 318 Å². The normalized spacial score (nSPS) is 15.7. The number of para-hydroxylation sites is 1. The topological polar surface area (TPSA) is 4.93 Å². The van der Waals surface area contributed by atoms with E-state index in [-0.39, 0.29) is 36.0 Å². The van der Waals surface area contributed by atoms with Gasteiger partial charge in [0.05, 0.1) is 23.6 Å². The highest BCUT2D eigenvalue weighted by atomic mass is 28.3. The maximum atomic E-state index is 9.89. The first-order chi connectivity index (χ1) is 37.3. The second kappa shape index (κ2) is 16.7. The summed E-state index contributed by atoms with van der Waals surface area (Å²) in [5, 5.41) is 10.9. The van der Waals surface area contributed by atoms with E-state index >= 15 is 0 Å². The van der Waals surface area contributed by atoms with Crippen LogP contribution >= 0.6 is 0 Å². The van der Waals surface area contributed by atoms with Gasteiger partial charge in [0.15, 0.2) is 16.1 Å². The van der Waals surface area contributed by atoms with E-state index in [0.29, 0.717) is 5.19 Å². The molecule has 15 rings (SSSR count). The Morgan fingerprint density at radius 3 is 1.34 bits per heavy atom. The second-order valence-electron chi connectivity index (χ2n) is 19.0. The Balaban J connectivity index is 1.10. The molecule has 3 heteroatoms. The van der Waals surface area contributed by atoms with Gasteiger partial charge in [-0.15, -0.1) is 0 Å². The van der Waals surface area contributed by atoms with Crippen molar-refractivity contribution < 1.29 is 6.85 Å². The van der Waals surface area contributed by atoms with Crippen LogP contribution in [0.3, 0.4) is 0 Å². The van der Waals surface area contributed by atoms with Gasteiger partial charge in [0.25, 0.3) is 0 Å². The first kappa shape index (κ1) is 36.6. The van der Waals surface area contributed by atoms with Gasteiger partial charge in [0, 0.05) is 22.6 Å². The molecule has 0 radical (unpaired) electrons. The first-order valence-electron chi connectivity index (χ1n) is 27.1. The Morgan fingerprint density at radius 1 is 0.310 bits per heavy atom. The lowest BCUT2D eigenvalue weighted by molar-refractivity contribution is 0.752. The zero-order chi connectivity index (χ0) is 51.3. The third-order valence-electron chi connectivity index (χ3n) is 15.7. The van der Waals surface area contributed by atoms with Gasteiger partial charge in [0.2, 0.25) is 0 Å². The Bertz CT molecular complexity index is 4080. The number of rotatable bonds is 9. The maximum absolute atomic E-state index is 9.89. The molecule has 0 spiro atoms. The fourth-order valence-electron chi connectivity index (χ4n) is 13.1. The van der Waals surface area contributed by atoms with E-state index in [2.05, 4.69) is 223 Å². The zero-order valence-electron chi connectivity index (χ0n) is 43.9. The lowest BCUT2D eigenvalue weighted by atomic mass is 9.60. The van der Waals surface area contributed by atoms with Crippen molar-refractivity contribution in [1.29, 1.82) is 0 Å². The van der Waals surface area contributed by atoms with Gasteiger partial charge in [-0.05, 0) is 93.1 Å². The van der Waals surface area contributed by atoms with Crippen molar-refractivity contribution in [2.45, 2.75) is 11.8 Å². The highest BCUT2D eigenvalue weighted by molar-refractivity contribution is 7.20. The summed E-state index contributed by atoms with van der Waals surface area (Å²) < 4.78 is 49.6. The predicted octanol–water partition coefficient (Wildman–Crippen LogP) is 10.5. The van der Waals surface area contributed by atoms with Gasteiger partial charge in [0.1, 0.15) is 0 Å². The average Bonchev–Trinajstić information content (AvgIpc) is 3.82. The number of fused-ring (bicyclic) bond motifs is 3. The van der Waals surface area contributed by atoms with Gasteiger partial charge in [-0.2, -0.15) is 0 Å². The van der Waals surface area contributed by atoms with Gasteiger partial charge >= 0.3 is 0 Å². The molecular weight excluding hydrogens is 887 g/mol. The summed E-state index contributed by atoms with van der Waals surface area (Å²) in [6.07, 6.45) is 0. The van der Waals surface area contributed by atoms with E-state index in [4.69, 9.17) is 1.37 Å². The smallest absolute Gasteiger partial charge is 0.179 e. The third kappa shape index (κ3) is 6.04. The number of aromatic nitrogens is 1. The van der Waals surface area contributed by atoms with Crippen molar-refractivity contribution in [3.63, 3.8) is 0 Å². The quantitative estimate of drug-likeness (QED) is 0.100. The molecule has 71 heavy (non-hydrogen) atoms. The fraction of sp³-hybridized carbons (Fsp3) is 0.0294. The molecule has 334 valence electrons. The van der Waals surface area contributed by atoms with Crippen LogP contribution in [0.1, 0.15) is 52.1 Å². The van der Waals surface area contributed by atoms with Crippen LogP contribution in [0.2, 0.25) is 0 Å². The lowest BCUT2D eigenvalue weighted by Gasteiger charge is -2.46. The Kier molecular flexibility index (Phi) is 8.59. The maximum Gasteiger partial charge on any atom is 0.179 e. The minimum atomic E-state index is -3.83. The molecule has 0 amide bonds. The molecular formula is C68H49NSi2. The average molecular weight is 941 g/mol. The minimum Gasteiger partial charge on any atom is -0.309 e. The molecule has 2 unspecified atom stereocenters. The van der Waals surface area contributed by atoms with Gasteiger partial charge in [-0.25, -0.2) is 0 Å². The first-order valence-corrected chi connectivity index (χ1v) is 28.6. The van der Waals surface area contributed by atoms with Crippen LogP contribution in [0.5, 0.6) is 0 Å². The fourth-order valence-corrected chi connectivity index (χ4v) is 22.5. The molecule has 0 fully saturated rings. The summed E-state index contributed by atoms with van der Waals surface area (Å²) in [7, 11) is -6.78. The third-order valence-corrected chi connectivity index (χ3v) is 25.2. The predicted molar refractivity (Wildman–Crippen MR) is 303 cm³/mol. The number of hydrogen-bond acceptors (Lipinski definition) is 0. The van der Waals surface area contributed by atoms with Crippen LogP contribution in [-0.2, 0) is 0 Å². The van der Waals surface area contributed by atoms with Gasteiger partial charge in [-0.1, -0.05) is 267 Å². The molecule has 0 N–H and O–H groups in total. The standard InChI is InChI=1S/C68H49NSi2/c1-7-25-48(26-8-1)70(49-27-9-2-10-28-49,50-29-11-3-12-30-50)54-45-46-56-55-37-21-22-42-61(55)69(63(56)47-54)62-43-23-40-59-65-57-38-19-20-39-58(57)68(66(59)62)67-60(65)41-24-44-64(67)71(51-31-13-4-14-32-51,52-33-15-5-16-34-52)53-35-17-6-18-36-53/h1-47,65,68H/i4D,13D,14D,31D,32D. The van der Waals surface area contributed by atoms with E-state index in [1.807, 2.05) is 36.4 Å². The molecule has 3 aliphatic rings. The van der Waals surface area contributed by atoms with Crippen molar-refractivity contribution >= 4 is 79.4 Å². The molecule has 1 nitrogen and oxygen atoms in total. The molecule has 12 aromatic rings. The van der Waals surface area contributed by atoms with E-state index in [0.717, 1.165) is 37.8 Å². The molecule has 0 aliphatic heterocycles. The Labute approximate surface area is 424 Å². The van der Waals surface area contributed by atoms with Crippen molar-refractivity contribution in [1.82, 2.24) is 4.57 Å². The van der Waals surface area contributed by atoms with Crippen LogP contribution in [0.15, 0.2) is 285 Å². The summed E-state index contributed by atoms with van der Waals surface area (Å²) in [6.45, 7) is 0. The molecule has 0 saturated heterocycles. The van der Waals surface area contributed by atoms with Crippen LogP contribution in [0.25, 0.3) is 27.5 Å². The number of benzene rings is 11. The molecule has 0 saturated carbocycles. The van der Waals surface area contributed by atoms with Gasteiger partial charge in [-0.3, -0.25) is 0 Å². The second-order valence-corrected chi connectivity index (χ2v) is 26.5. The molecule has 1 heterocycles. The van der Waals surface area contributed by atoms with Crippen molar-refractivity contribution in [3.8, 4) is 5.69 Å². The highest BCUT2D eigenvalue weighted by Gasteiger charge is 2.50.